The van der Waals surface area contributed by atoms with Crippen molar-refractivity contribution in [1.29, 1.82) is 0 Å². The van der Waals surface area contributed by atoms with Crippen molar-refractivity contribution in [2.45, 2.75) is 13.5 Å². The lowest BCUT2D eigenvalue weighted by atomic mass is 10.2. The number of nitrogens with one attached hydrogen (secondary N) is 2. The molecule has 2 amide bonds. The summed E-state index contributed by atoms with van der Waals surface area (Å²) in [7, 11) is 1.53. The third-order valence-corrected chi connectivity index (χ3v) is 4.36. The molecule has 7 heteroatoms. The molecule has 0 heterocycles. The Labute approximate surface area is 180 Å². The average Bonchev–Trinajstić information content (AvgIpc) is 2.81. The number of hydrogen-bond donors (Lipinski definition) is 2. The van der Waals surface area contributed by atoms with Gasteiger partial charge in [-0.05, 0) is 42.3 Å². The van der Waals surface area contributed by atoms with Gasteiger partial charge in [-0.25, -0.2) is 0 Å². The van der Waals surface area contributed by atoms with Crippen molar-refractivity contribution in [2.75, 3.05) is 13.7 Å². The molecule has 0 bridgehead atoms. The van der Waals surface area contributed by atoms with E-state index in [0.29, 0.717) is 29.4 Å². The van der Waals surface area contributed by atoms with Crippen LogP contribution in [0, 0.1) is 6.92 Å². The van der Waals surface area contributed by atoms with Gasteiger partial charge in [0.05, 0.1) is 12.7 Å². The van der Waals surface area contributed by atoms with Crippen molar-refractivity contribution < 1.29 is 23.8 Å². The van der Waals surface area contributed by atoms with Crippen LogP contribution in [0.25, 0.3) is 0 Å². The summed E-state index contributed by atoms with van der Waals surface area (Å²) in [6.07, 6.45) is 0. The van der Waals surface area contributed by atoms with Gasteiger partial charge in [0.25, 0.3) is 11.8 Å². The Morgan fingerprint density at radius 3 is 2.32 bits per heavy atom. The fourth-order valence-electron chi connectivity index (χ4n) is 2.78. The molecule has 0 saturated heterocycles. The molecule has 3 aromatic rings. The zero-order valence-corrected chi connectivity index (χ0v) is 17.4. The molecule has 31 heavy (non-hydrogen) atoms. The zero-order chi connectivity index (χ0) is 22.1. The van der Waals surface area contributed by atoms with Crippen LogP contribution in [0.3, 0.4) is 0 Å². The lowest BCUT2D eigenvalue weighted by Crippen LogP contribution is -2.43. The molecule has 160 valence electrons. The van der Waals surface area contributed by atoms with E-state index >= 15 is 0 Å². The maximum atomic E-state index is 12.5. The summed E-state index contributed by atoms with van der Waals surface area (Å²) in [6.45, 7) is 1.96. The number of ether oxygens (including phenoxy) is 3. The lowest BCUT2D eigenvalue weighted by Gasteiger charge is -2.13. The smallest absolute Gasteiger partial charge is 0.276 e. The molecule has 0 saturated carbocycles. The maximum absolute atomic E-state index is 12.5. The summed E-state index contributed by atoms with van der Waals surface area (Å²) in [4.78, 5) is 24.6. The molecule has 0 aliphatic carbocycles. The summed E-state index contributed by atoms with van der Waals surface area (Å²) >= 11 is 0. The van der Waals surface area contributed by atoms with Gasteiger partial charge < -0.3 is 14.2 Å². The van der Waals surface area contributed by atoms with Gasteiger partial charge in [0, 0.05) is 0 Å². The monoisotopic (exact) mass is 420 g/mol. The van der Waals surface area contributed by atoms with Crippen molar-refractivity contribution in [1.82, 2.24) is 10.9 Å². The Bertz CT molecular complexity index is 1040. The first-order valence-electron chi connectivity index (χ1n) is 9.69. The second-order valence-electron chi connectivity index (χ2n) is 6.72. The highest BCUT2D eigenvalue weighted by atomic mass is 16.5. The Morgan fingerprint density at radius 1 is 0.806 bits per heavy atom. The molecule has 3 aromatic carbocycles. The van der Waals surface area contributed by atoms with Gasteiger partial charge in [-0.3, -0.25) is 20.4 Å². The second kappa shape index (κ2) is 10.7. The largest absolute Gasteiger partial charge is 0.493 e. The molecule has 3 rings (SSSR count). The Hall–Kier alpha value is -4.00. The van der Waals surface area contributed by atoms with E-state index in [1.807, 2.05) is 43.3 Å². The highest BCUT2D eigenvalue weighted by molar-refractivity contribution is 5.97. The second-order valence-corrected chi connectivity index (χ2v) is 6.72. The van der Waals surface area contributed by atoms with Crippen molar-refractivity contribution in [3.8, 4) is 17.2 Å². The first kappa shape index (κ1) is 21.7. The number of carbonyl (C=O) groups excluding carboxylic acids is 2. The first-order valence-corrected chi connectivity index (χ1v) is 9.69. The number of rotatable bonds is 8. The minimum absolute atomic E-state index is 0.286. The van der Waals surface area contributed by atoms with Crippen LogP contribution >= 0.6 is 0 Å². The minimum atomic E-state index is -0.515. The summed E-state index contributed by atoms with van der Waals surface area (Å²) in [5, 5.41) is 0. The molecule has 0 aliphatic rings. The third-order valence-electron chi connectivity index (χ3n) is 4.36. The average molecular weight is 420 g/mol. The molecule has 7 nitrogen and oxygen atoms in total. The number of benzene rings is 3. The van der Waals surface area contributed by atoms with E-state index in [0.717, 1.165) is 11.1 Å². The van der Waals surface area contributed by atoms with Crippen LogP contribution in [-0.4, -0.2) is 25.5 Å². The van der Waals surface area contributed by atoms with E-state index in [1.54, 1.807) is 36.4 Å². The number of aryl methyl sites for hydroxylation is 1. The normalized spacial score (nSPS) is 10.1. The first-order chi connectivity index (χ1) is 15.1. The number of amides is 2. The minimum Gasteiger partial charge on any atom is -0.493 e. The van der Waals surface area contributed by atoms with E-state index in [4.69, 9.17) is 14.2 Å². The van der Waals surface area contributed by atoms with E-state index in [-0.39, 0.29) is 6.61 Å². The zero-order valence-electron chi connectivity index (χ0n) is 17.4. The van der Waals surface area contributed by atoms with Gasteiger partial charge in [0.1, 0.15) is 12.4 Å². The van der Waals surface area contributed by atoms with Crippen LogP contribution in [0.4, 0.5) is 0 Å². The molecule has 0 fully saturated rings. The number of para-hydroxylation sites is 1. The quantitative estimate of drug-likeness (QED) is 0.546. The molecule has 0 aromatic heterocycles. The standard InChI is InChI=1S/C24H24N2O5/c1-17-12-13-21(22(14-17)29-2)31-16-23(27)25-26-24(28)19-10-6-7-11-20(19)30-15-18-8-4-3-5-9-18/h3-14H,15-16H2,1-2H3,(H,25,27)(H,26,28). The van der Waals surface area contributed by atoms with E-state index < -0.39 is 11.8 Å². The van der Waals surface area contributed by atoms with E-state index in [9.17, 15) is 9.59 Å². The highest BCUT2D eigenvalue weighted by Gasteiger charge is 2.14. The van der Waals surface area contributed by atoms with Gasteiger partial charge in [-0.1, -0.05) is 48.5 Å². The predicted molar refractivity (Wildman–Crippen MR) is 116 cm³/mol. The van der Waals surface area contributed by atoms with Crippen LogP contribution in [0.2, 0.25) is 0 Å². The van der Waals surface area contributed by atoms with E-state index in [1.165, 1.54) is 7.11 Å². The molecule has 0 atom stereocenters. The summed E-state index contributed by atoms with van der Waals surface area (Å²) in [5.41, 5.74) is 7.02. The predicted octanol–water partition coefficient (Wildman–Crippen LogP) is 3.42. The fraction of sp³-hybridized carbons (Fsp3) is 0.167. The number of methoxy groups -OCH3 is 1. The van der Waals surface area contributed by atoms with Gasteiger partial charge in [0.15, 0.2) is 18.1 Å². The van der Waals surface area contributed by atoms with Crippen molar-refractivity contribution in [3.05, 3.63) is 89.5 Å². The summed E-state index contributed by atoms with van der Waals surface area (Å²) < 4.78 is 16.5. The van der Waals surface area contributed by atoms with Crippen molar-refractivity contribution >= 4 is 11.8 Å². The molecular weight excluding hydrogens is 396 g/mol. The van der Waals surface area contributed by atoms with E-state index in [2.05, 4.69) is 10.9 Å². The Morgan fingerprint density at radius 2 is 1.55 bits per heavy atom. The van der Waals surface area contributed by atoms with Gasteiger partial charge in [-0.15, -0.1) is 0 Å². The maximum Gasteiger partial charge on any atom is 0.276 e. The molecule has 2 N–H and O–H groups in total. The molecule has 0 unspecified atom stereocenters. The topological polar surface area (TPSA) is 85.9 Å². The van der Waals surface area contributed by atoms with Gasteiger partial charge >= 0.3 is 0 Å². The summed E-state index contributed by atoms with van der Waals surface area (Å²) in [6, 6.07) is 21.8. The number of hydrazine groups is 1. The lowest BCUT2D eigenvalue weighted by molar-refractivity contribution is -0.123. The van der Waals surface area contributed by atoms with Crippen LogP contribution in [0.15, 0.2) is 72.8 Å². The molecular formula is C24H24N2O5. The van der Waals surface area contributed by atoms with Gasteiger partial charge in [-0.2, -0.15) is 0 Å². The van der Waals surface area contributed by atoms with Crippen LogP contribution in [0.5, 0.6) is 17.2 Å². The van der Waals surface area contributed by atoms with Crippen LogP contribution in [0.1, 0.15) is 21.5 Å². The fourth-order valence-corrected chi connectivity index (χ4v) is 2.78. The number of hydrogen-bond acceptors (Lipinski definition) is 5. The van der Waals surface area contributed by atoms with Crippen LogP contribution in [-0.2, 0) is 11.4 Å². The Balaban J connectivity index is 1.53. The molecule has 0 radical (unpaired) electrons. The van der Waals surface area contributed by atoms with Crippen LogP contribution < -0.4 is 25.1 Å². The highest BCUT2D eigenvalue weighted by Crippen LogP contribution is 2.27. The Kier molecular flexibility index (Phi) is 7.48. The number of carbonyl (C=O) groups is 2. The third kappa shape index (κ3) is 6.24. The SMILES string of the molecule is COc1cc(C)ccc1OCC(=O)NNC(=O)c1ccccc1OCc1ccccc1. The van der Waals surface area contributed by atoms with Crippen molar-refractivity contribution in [3.63, 3.8) is 0 Å². The molecule has 0 aliphatic heterocycles. The van der Waals surface area contributed by atoms with Crippen molar-refractivity contribution in [2.24, 2.45) is 0 Å². The summed E-state index contributed by atoms with van der Waals surface area (Å²) in [5.74, 6) is 0.373. The molecule has 0 spiro atoms. The van der Waals surface area contributed by atoms with Gasteiger partial charge in [0.2, 0.25) is 0 Å².